The van der Waals surface area contributed by atoms with Crippen molar-refractivity contribution in [3.63, 3.8) is 0 Å². The summed E-state index contributed by atoms with van der Waals surface area (Å²) in [5.74, 6) is 0. The minimum Gasteiger partial charge on any atom is -0.135 e. The van der Waals surface area contributed by atoms with Crippen LogP contribution in [-0.4, -0.2) is 7.28 Å². The molecule has 1 aromatic heterocycles. The Morgan fingerprint density at radius 1 is 0.933 bits per heavy atom. The van der Waals surface area contributed by atoms with E-state index in [0.29, 0.717) is 0 Å². The molecule has 0 fully saturated rings. The van der Waals surface area contributed by atoms with Crippen LogP contribution < -0.4 is 5.46 Å². The molecule has 0 unspecified atom stereocenters. The largest absolute Gasteiger partial charge is 0.148 e. The number of thiophene rings is 1. The SMILES string of the molecule is C[B]c1ccc2sc3ccccc3c2c1. The molecule has 0 spiro atoms. The second-order valence-corrected chi connectivity index (χ2v) is 4.73. The Morgan fingerprint density at radius 2 is 1.73 bits per heavy atom. The summed E-state index contributed by atoms with van der Waals surface area (Å²) in [7, 11) is 2.14. The fourth-order valence-electron chi connectivity index (χ4n) is 1.92. The van der Waals surface area contributed by atoms with Crippen LogP contribution in [0.5, 0.6) is 0 Å². The smallest absolute Gasteiger partial charge is 0.135 e. The van der Waals surface area contributed by atoms with Crippen molar-refractivity contribution in [1.29, 1.82) is 0 Å². The average molecular weight is 209 g/mol. The Hall–Kier alpha value is -1.28. The molecule has 0 aliphatic heterocycles. The van der Waals surface area contributed by atoms with Crippen LogP contribution in [-0.2, 0) is 0 Å². The van der Waals surface area contributed by atoms with E-state index >= 15 is 0 Å². The fraction of sp³-hybridized carbons (Fsp3) is 0.0769. The molecule has 2 aromatic carbocycles. The third kappa shape index (κ3) is 1.37. The van der Waals surface area contributed by atoms with E-state index in [2.05, 4.69) is 56.6 Å². The molecular formula is C13H10BS. The van der Waals surface area contributed by atoms with Gasteiger partial charge in [0.25, 0.3) is 0 Å². The number of fused-ring (bicyclic) bond motifs is 3. The summed E-state index contributed by atoms with van der Waals surface area (Å²) in [6.07, 6.45) is 0. The first-order chi connectivity index (χ1) is 7.38. The van der Waals surface area contributed by atoms with Crippen molar-refractivity contribution in [3.8, 4) is 0 Å². The van der Waals surface area contributed by atoms with Gasteiger partial charge in [0.05, 0.1) is 0 Å². The molecule has 0 bridgehead atoms. The highest BCUT2D eigenvalue weighted by molar-refractivity contribution is 7.25. The maximum atomic E-state index is 2.27. The summed E-state index contributed by atoms with van der Waals surface area (Å²) in [6.45, 7) is 2.08. The average Bonchev–Trinajstić information content (AvgIpc) is 2.66. The highest BCUT2D eigenvalue weighted by Crippen LogP contribution is 2.32. The van der Waals surface area contributed by atoms with Gasteiger partial charge in [0.15, 0.2) is 0 Å². The van der Waals surface area contributed by atoms with Gasteiger partial charge in [-0.3, -0.25) is 0 Å². The minimum atomic E-state index is 1.30. The van der Waals surface area contributed by atoms with Gasteiger partial charge in [-0.25, -0.2) is 0 Å². The predicted molar refractivity (Wildman–Crippen MR) is 70.6 cm³/mol. The van der Waals surface area contributed by atoms with Gasteiger partial charge in [-0.1, -0.05) is 42.6 Å². The second-order valence-electron chi connectivity index (χ2n) is 3.64. The standard InChI is InChI=1S/C13H10BS/c1-14-9-6-7-13-11(8-9)10-4-2-3-5-12(10)15-13/h2-8H,1H3. The van der Waals surface area contributed by atoms with E-state index in [1.54, 1.807) is 0 Å². The summed E-state index contributed by atoms with van der Waals surface area (Å²) in [4.78, 5) is 0. The maximum Gasteiger partial charge on any atom is 0.148 e. The summed E-state index contributed by atoms with van der Waals surface area (Å²) in [5.41, 5.74) is 1.30. The van der Waals surface area contributed by atoms with Gasteiger partial charge in [0.1, 0.15) is 7.28 Å². The lowest BCUT2D eigenvalue weighted by Crippen LogP contribution is -2.08. The summed E-state index contributed by atoms with van der Waals surface area (Å²) in [5, 5.41) is 2.76. The van der Waals surface area contributed by atoms with Crippen LogP contribution in [0, 0.1) is 0 Å². The fourth-order valence-corrected chi connectivity index (χ4v) is 3.01. The van der Waals surface area contributed by atoms with E-state index in [-0.39, 0.29) is 0 Å². The lowest BCUT2D eigenvalue weighted by atomic mass is 9.73. The van der Waals surface area contributed by atoms with E-state index in [1.165, 1.54) is 25.6 Å². The molecule has 3 aromatic rings. The molecule has 71 valence electrons. The first-order valence-corrected chi connectivity index (χ1v) is 5.91. The van der Waals surface area contributed by atoms with E-state index in [1.807, 2.05) is 11.3 Å². The Kier molecular flexibility index (Phi) is 2.03. The maximum absolute atomic E-state index is 2.27. The van der Waals surface area contributed by atoms with Crippen molar-refractivity contribution in [3.05, 3.63) is 42.5 Å². The zero-order chi connectivity index (χ0) is 10.3. The van der Waals surface area contributed by atoms with Crippen molar-refractivity contribution < 1.29 is 0 Å². The van der Waals surface area contributed by atoms with Gasteiger partial charge >= 0.3 is 0 Å². The van der Waals surface area contributed by atoms with Crippen LogP contribution in [0.1, 0.15) is 0 Å². The number of benzene rings is 2. The van der Waals surface area contributed by atoms with Gasteiger partial charge in [0, 0.05) is 14.8 Å². The molecule has 1 radical (unpaired) electrons. The molecule has 0 amide bonds. The number of hydrogen-bond donors (Lipinski definition) is 0. The molecular weight excluding hydrogens is 199 g/mol. The molecule has 0 aliphatic carbocycles. The zero-order valence-corrected chi connectivity index (χ0v) is 9.34. The summed E-state index contributed by atoms with van der Waals surface area (Å²) < 4.78 is 2.75. The van der Waals surface area contributed by atoms with Crippen molar-refractivity contribution in [2.24, 2.45) is 0 Å². The first-order valence-electron chi connectivity index (χ1n) is 5.09. The number of hydrogen-bond acceptors (Lipinski definition) is 1. The van der Waals surface area contributed by atoms with E-state index in [4.69, 9.17) is 0 Å². The van der Waals surface area contributed by atoms with Crippen molar-refractivity contribution in [1.82, 2.24) is 0 Å². The normalized spacial score (nSPS) is 11.0. The van der Waals surface area contributed by atoms with Crippen LogP contribution in [0.2, 0.25) is 6.82 Å². The molecule has 1 heterocycles. The quantitative estimate of drug-likeness (QED) is 0.538. The van der Waals surface area contributed by atoms with Crippen LogP contribution in [0.4, 0.5) is 0 Å². The van der Waals surface area contributed by atoms with Crippen LogP contribution in [0.3, 0.4) is 0 Å². The lowest BCUT2D eigenvalue weighted by Gasteiger charge is -1.95. The predicted octanol–water partition coefficient (Wildman–Crippen LogP) is 3.43. The minimum absolute atomic E-state index is 1.30. The Labute approximate surface area is 93.8 Å². The van der Waals surface area contributed by atoms with E-state index in [0.717, 1.165) is 0 Å². The van der Waals surface area contributed by atoms with Crippen molar-refractivity contribution in [2.45, 2.75) is 6.82 Å². The van der Waals surface area contributed by atoms with Crippen molar-refractivity contribution in [2.75, 3.05) is 0 Å². The van der Waals surface area contributed by atoms with Gasteiger partial charge in [-0.05, 0) is 17.5 Å². The topological polar surface area (TPSA) is 0 Å². The molecule has 0 nitrogen and oxygen atoms in total. The van der Waals surface area contributed by atoms with Gasteiger partial charge in [0.2, 0.25) is 0 Å². The molecule has 0 saturated heterocycles. The van der Waals surface area contributed by atoms with E-state index in [9.17, 15) is 0 Å². The molecule has 0 aliphatic rings. The Bertz CT molecular complexity index is 625. The summed E-state index contributed by atoms with van der Waals surface area (Å²) in [6, 6.07) is 15.3. The van der Waals surface area contributed by atoms with Gasteiger partial charge in [-0.15, -0.1) is 11.3 Å². The lowest BCUT2D eigenvalue weighted by molar-refractivity contribution is 1.86. The molecule has 0 N–H and O–H groups in total. The third-order valence-electron chi connectivity index (χ3n) is 2.73. The van der Waals surface area contributed by atoms with Crippen LogP contribution in [0.25, 0.3) is 20.2 Å². The molecule has 3 rings (SSSR count). The highest BCUT2D eigenvalue weighted by atomic mass is 32.1. The number of rotatable bonds is 1. The first kappa shape index (κ1) is 8.99. The van der Waals surface area contributed by atoms with E-state index < -0.39 is 0 Å². The second kappa shape index (κ2) is 3.39. The molecule has 0 saturated carbocycles. The zero-order valence-electron chi connectivity index (χ0n) is 8.53. The monoisotopic (exact) mass is 209 g/mol. The Balaban J connectivity index is 2.46. The third-order valence-corrected chi connectivity index (χ3v) is 3.89. The van der Waals surface area contributed by atoms with Crippen LogP contribution >= 0.6 is 11.3 Å². The van der Waals surface area contributed by atoms with Crippen molar-refractivity contribution >= 4 is 44.3 Å². The van der Waals surface area contributed by atoms with Gasteiger partial charge < -0.3 is 0 Å². The molecule has 15 heavy (non-hydrogen) atoms. The molecule has 2 heteroatoms. The molecule has 0 atom stereocenters. The summed E-state index contributed by atoms with van der Waals surface area (Å²) >= 11 is 1.87. The van der Waals surface area contributed by atoms with Crippen LogP contribution in [0.15, 0.2) is 42.5 Å². The Morgan fingerprint density at radius 3 is 2.60 bits per heavy atom. The highest BCUT2D eigenvalue weighted by Gasteiger charge is 2.04. The van der Waals surface area contributed by atoms with Gasteiger partial charge in [-0.2, -0.15) is 0 Å².